The normalized spacial score (nSPS) is 27.5. The molecule has 1 spiro atoms. The summed E-state index contributed by atoms with van der Waals surface area (Å²) in [5.74, 6) is 1.19. The maximum Gasteiger partial charge on any atom is 0.223 e. The average Bonchev–Trinajstić information content (AvgIpc) is 3.58. The number of amides is 2. The van der Waals surface area contributed by atoms with Crippen molar-refractivity contribution < 1.29 is 14.3 Å². The van der Waals surface area contributed by atoms with Gasteiger partial charge in [0.05, 0.1) is 31.9 Å². The summed E-state index contributed by atoms with van der Waals surface area (Å²) in [5, 5.41) is 11.5. The standard InChI is InChI=1S/C19H27N5O3/c25-17(8-13-2-3-13)23-7-1-6-19(11-23)12-24-16(10-27-19)15(21-22-24)9-20-18(26)14-4-5-14/h13-14H,1-12H2,(H,20,26). The molecule has 1 atom stereocenters. The number of likely N-dealkylation sites (tertiary alicyclic amines) is 1. The Labute approximate surface area is 158 Å². The Morgan fingerprint density at radius 3 is 2.85 bits per heavy atom. The molecule has 2 aliphatic carbocycles. The number of fused-ring (bicyclic) bond motifs is 1. The fourth-order valence-corrected chi connectivity index (χ4v) is 4.25. The molecule has 1 aromatic heterocycles. The molecule has 146 valence electrons. The predicted molar refractivity (Wildman–Crippen MR) is 95.3 cm³/mol. The van der Waals surface area contributed by atoms with Gasteiger partial charge in [-0.1, -0.05) is 5.21 Å². The van der Waals surface area contributed by atoms with Crippen molar-refractivity contribution >= 4 is 11.8 Å². The van der Waals surface area contributed by atoms with Gasteiger partial charge in [0.1, 0.15) is 11.3 Å². The Balaban J connectivity index is 1.23. The number of hydrogen-bond acceptors (Lipinski definition) is 5. The maximum absolute atomic E-state index is 12.5. The fourth-order valence-electron chi connectivity index (χ4n) is 4.25. The highest BCUT2D eigenvalue weighted by molar-refractivity contribution is 5.80. The third kappa shape index (κ3) is 3.59. The summed E-state index contributed by atoms with van der Waals surface area (Å²) in [6, 6.07) is 0. The van der Waals surface area contributed by atoms with Gasteiger partial charge in [0.2, 0.25) is 11.8 Å². The lowest BCUT2D eigenvalue weighted by molar-refractivity contribution is -0.153. The summed E-state index contributed by atoms with van der Waals surface area (Å²) in [6.45, 7) is 2.95. The molecule has 5 rings (SSSR count). The predicted octanol–water partition coefficient (Wildman–Crippen LogP) is 0.996. The average molecular weight is 373 g/mol. The molecule has 0 radical (unpaired) electrons. The van der Waals surface area contributed by atoms with Crippen molar-refractivity contribution in [1.82, 2.24) is 25.2 Å². The molecular weight excluding hydrogens is 346 g/mol. The Hall–Kier alpha value is -1.96. The summed E-state index contributed by atoms with van der Waals surface area (Å²) >= 11 is 0. The summed E-state index contributed by atoms with van der Waals surface area (Å²) < 4.78 is 8.21. The molecular formula is C19H27N5O3. The van der Waals surface area contributed by atoms with Crippen molar-refractivity contribution in [2.24, 2.45) is 11.8 Å². The summed E-state index contributed by atoms with van der Waals surface area (Å²) in [4.78, 5) is 26.4. The van der Waals surface area contributed by atoms with Crippen LogP contribution in [0.2, 0.25) is 0 Å². The summed E-state index contributed by atoms with van der Waals surface area (Å²) in [5.41, 5.74) is 1.38. The van der Waals surface area contributed by atoms with Gasteiger partial charge in [0.15, 0.2) is 0 Å². The highest BCUT2D eigenvalue weighted by Gasteiger charge is 2.43. The maximum atomic E-state index is 12.5. The highest BCUT2D eigenvalue weighted by atomic mass is 16.5. The monoisotopic (exact) mass is 373 g/mol. The van der Waals surface area contributed by atoms with Gasteiger partial charge in [-0.05, 0) is 44.4 Å². The van der Waals surface area contributed by atoms with E-state index in [4.69, 9.17) is 4.74 Å². The second kappa shape index (κ2) is 6.58. The number of rotatable bonds is 5. The number of piperidine rings is 1. The minimum atomic E-state index is -0.354. The first kappa shape index (κ1) is 17.2. The minimum Gasteiger partial charge on any atom is -0.365 e. The number of nitrogens with one attached hydrogen (secondary N) is 1. The van der Waals surface area contributed by atoms with E-state index >= 15 is 0 Å². The van der Waals surface area contributed by atoms with Crippen LogP contribution in [0.1, 0.15) is 56.3 Å². The van der Waals surface area contributed by atoms with Gasteiger partial charge in [0, 0.05) is 18.9 Å². The van der Waals surface area contributed by atoms with Gasteiger partial charge < -0.3 is 15.0 Å². The first-order chi connectivity index (χ1) is 13.1. The van der Waals surface area contributed by atoms with Crippen LogP contribution >= 0.6 is 0 Å². The molecule has 2 aliphatic heterocycles. The molecule has 2 amide bonds. The van der Waals surface area contributed by atoms with E-state index in [9.17, 15) is 9.59 Å². The zero-order chi connectivity index (χ0) is 18.4. The van der Waals surface area contributed by atoms with Gasteiger partial charge in [0.25, 0.3) is 0 Å². The molecule has 0 aromatic carbocycles. The molecule has 8 heteroatoms. The van der Waals surface area contributed by atoms with Crippen LogP contribution in [-0.2, 0) is 34.0 Å². The summed E-state index contributed by atoms with van der Waals surface area (Å²) in [6.07, 6.45) is 6.97. The molecule has 1 aromatic rings. The van der Waals surface area contributed by atoms with Crippen LogP contribution in [0, 0.1) is 11.8 Å². The van der Waals surface area contributed by atoms with Gasteiger partial charge in [-0.15, -0.1) is 5.10 Å². The third-order valence-corrected chi connectivity index (χ3v) is 6.30. The fraction of sp³-hybridized carbons (Fsp3) is 0.789. The lowest BCUT2D eigenvalue weighted by Crippen LogP contribution is -2.55. The Morgan fingerprint density at radius 1 is 1.22 bits per heavy atom. The second-order valence-electron chi connectivity index (χ2n) is 8.67. The van der Waals surface area contributed by atoms with Crippen molar-refractivity contribution in [2.45, 2.75) is 70.2 Å². The Morgan fingerprint density at radius 2 is 2.07 bits per heavy atom. The number of nitrogens with zero attached hydrogens (tertiary/aromatic N) is 4. The van der Waals surface area contributed by atoms with Gasteiger partial charge in [-0.2, -0.15) is 0 Å². The van der Waals surface area contributed by atoms with E-state index in [-0.39, 0.29) is 23.3 Å². The lowest BCUT2D eigenvalue weighted by Gasteiger charge is -2.44. The van der Waals surface area contributed by atoms with Crippen LogP contribution in [0.4, 0.5) is 0 Å². The molecule has 1 N–H and O–H groups in total. The van der Waals surface area contributed by atoms with E-state index in [0.29, 0.717) is 38.6 Å². The summed E-state index contributed by atoms with van der Waals surface area (Å²) in [7, 11) is 0. The van der Waals surface area contributed by atoms with Crippen molar-refractivity contribution in [3.8, 4) is 0 Å². The molecule has 2 saturated carbocycles. The Bertz CT molecular complexity index is 755. The molecule has 8 nitrogen and oxygen atoms in total. The lowest BCUT2D eigenvalue weighted by atomic mass is 9.91. The first-order valence-corrected chi connectivity index (χ1v) is 10.2. The number of carbonyl (C=O) groups is 2. The van der Waals surface area contributed by atoms with Crippen molar-refractivity contribution in [1.29, 1.82) is 0 Å². The highest BCUT2D eigenvalue weighted by Crippen LogP contribution is 2.36. The minimum absolute atomic E-state index is 0.113. The quantitative estimate of drug-likeness (QED) is 0.832. The van der Waals surface area contributed by atoms with Gasteiger partial charge in [-0.25, -0.2) is 4.68 Å². The largest absolute Gasteiger partial charge is 0.365 e. The van der Waals surface area contributed by atoms with Crippen LogP contribution in [0.25, 0.3) is 0 Å². The molecule has 0 bridgehead atoms. The number of hydrogen-bond donors (Lipinski definition) is 1. The molecule has 3 heterocycles. The number of ether oxygens (including phenoxy) is 1. The smallest absolute Gasteiger partial charge is 0.223 e. The van der Waals surface area contributed by atoms with Gasteiger partial charge >= 0.3 is 0 Å². The SMILES string of the molecule is O=C(NCc1nnn2c1COC1(CCCN(C(=O)CC3CC3)C1)C2)C1CC1. The van der Waals surface area contributed by atoms with E-state index < -0.39 is 0 Å². The van der Waals surface area contributed by atoms with Crippen LogP contribution in [0.3, 0.4) is 0 Å². The molecule has 27 heavy (non-hydrogen) atoms. The van der Waals surface area contributed by atoms with E-state index in [1.807, 2.05) is 9.58 Å². The number of aromatic nitrogens is 3. The third-order valence-electron chi connectivity index (χ3n) is 6.30. The second-order valence-corrected chi connectivity index (χ2v) is 8.67. The van der Waals surface area contributed by atoms with Crippen LogP contribution in [0.15, 0.2) is 0 Å². The topological polar surface area (TPSA) is 89.3 Å². The molecule has 1 saturated heterocycles. The van der Waals surface area contributed by atoms with E-state index in [1.165, 1.54) is 12.8 Å². The Kier molecular flexibility index (Phi) is 4.18. The van der Waals surface area contributed by atoms with E-state index in [0.717, 1.165) is 43.6 Å². The first-order valence-electron chi connectivity index (χ1n) is 10.2. The van der Waals surface area contributed by atoms with Crippen LogP contribution in [-0.4, -0.2) is 50.4 Å². The molecule has 4 aliphatic rings. The van der Waals surface area contributed by atoms with Gasteiger partial charge in [-0.3, -0.25) is 9.59 Å². The number of carbonyl (C=O) groups excluding carboxylic acids is 2. The van der Waals surface area contributed by atoms with Crippen LogP contribution in [0.5, 0.6) is 0 Å². The zero-order valence-electron chi connectivity index (χ0n) is 15.7. The van der Waals surface area contributed by atoms with E-state index in [1.54, 1.807) is 0 Å². The molecule has 1 unspecified atom stereocenters. The van der Waals surface area contributed by atoms with Crippen molar-refractivity contribution in [3.05, 3.63) is 11.4 Å². The molecule has 3 fully saturated rings. The van der Waals surface area contributed by atoms with Crippen LogP contribution < -0.4 is 5.32 Å². The zero-order valence-corrected chi connectivity index (χ0v) is 15.7. The van der Waals surface area contributed by atoms with Crippen molar-refractivity contribution in [2.75, 3.05) is 13.1 Å². The van der Waals surface area contributed by atoms with Crippen molar-refractivity contribution in [3.63, 3.8) is 0 Å². The van der Waals surface area contributed by atoms with E-state index in [2.05, 4.69) is 15.6 Å².